The molecule has 1 N–H and O–H groups in total. The van der Waals surface area contributed by atoms with Crippen LogP contribution >= 0.6 is 11.6 Å². The van der Waals surface area contributed by atoms with Crippen LogP contribution in [0.4, 0.5) is 4.39 Å². The number of nitrogens with one attached hydrogen (secondary N) is 1. The van der Waals surface area contributed by atoms with E-state index in [0.29, 0.717) is 16.8 Å². The van der Waals surface area contributed by atoms with Gasteiger partial charge in [-0.15, -0.1) is 0 Å². The molecule has 0 saturated heterocycles. The normalized spacial score (nSPS) is 24.9. The van der Waals surface area contributed by atoms with Crippen molar-refractivity contribution in [2.75, 3.05) is 7.05 Å². The van der Waals surface area contributed by atoms with Crippen LogP contribution in [0.5, 0.6) is 5.75 Å². The van der Waals surface area contributed by atoms with Crippen LogP contribution in [0.3, 0.4) is 0 Å². The van der Waals surface area contributed by atoms with E-state index in [-0.39, 0.29) is 17.3 Å². The summed E-state index contributed by atoms with van der Waals surface area (Å²) in [4.78, 5) is 0. The lowest BCUT2D eigenvalue weighted by Gasteiger charge is -2.55. The highest BCUT2D eigenvalue weighted by Crippen LogP contribution is 2.49. The van der Waals surface area contributed by atoms with E-state index < -0.39 is 0 Å². The van der Waals surface area contributed by atoms with Crippen molar-refractivity contribution in [1.29, 1.82) is 0 Å². The molecule has 0 spiro atoms. The Balaban J connectivity index is 2.15. The first-order chi connectivity index (χ1) is 9.07. The zero-order chi connectivity index (χ0) is 14.0. The van der Waals surface area contributed by atoms with Gasteiger partial charge in [0.15, 0.2) is 0 Å². The summed E-state index contributed by atoms with van der Waals surface area (Å²) in [5, 5.41) is 3.70. The third kappa shape index (κ3) is 2.46. The summed E-state index contributed by atoms with van der Waals surface area (Å²) in [6.07, 6.45) is 3.21. The fourth-order valence-corrected chi connectivity index (χ4v) is 3.45. The monoisotopic (exact) mass is 285 g/mol. The lowest BCUT2D eigenvalue weighted by atomic mass is 9.58. The fraction of sp³-hybridized carbons (Fsp3) is 0.600. The second-order valence-corrected chi connectivity index (χ2v) is 5.61. The Bertz CT molecular complexity index is 448. The molecule has 1 aromatic carbocycles. The van der Waals surface area contributed by atoms with E-state index in [2.05, 4.69) is 19.2 Å². The van der Waals surface area contributed by atoms with E-state index in [0.717, 1.165) is 19.3 Å². The Morgan fingerprint density at radius 1 is 1.42 bits per heavy atom. The van der Waals surface area contributed by atoms with E-state index >= 15 is 0 Å². The molecule has 19 heavy (non-hydrogen) atoms. The minimum Gasteiger partial charge on any atom is -0.488 e. The maximum Gasteiger partial charge on any atom is 0.138 e. The Morgan fingerprint density at radius 3 is 2.63 bits per heavy atom. The van der Waals surface area contributed by atoms with Crippen LogP contribution in [0.25, 0.3) is 0 Å². The van der Waals surface area contributed by atoms with E-state index in [4.69, 9.17) is 16.3 Å². The second kappa shape index (κ2) is 5.68. The maximum atomic E-state index is 13.0. The van der Waals surface area contributed by atoms with Crippen LogP contribution in [0.15, 0.2) is 18.2 Å². The summed E-state index contributed by atoms with van der Waals surface area (Å²) < 4.78 is 19.1. The number of hydrogen-bond acceptors (Lipinski definition) is 2. The predicted molar refractivity (Wildman–Crippen MR) is 76.3 cm³/mol. The molecule has 2 rings (SSSR count). The Kier molecular flexibility index (Phi) is 4.36. The van der Waals surface area contributed by atoms with E-state index in [9.17, 15) is 4.39 Å². The molecule has 0 bridgehead atoms. The largest absolute Gasteiger partial charge is 0.488 e. The summed E-state index contributed by atoms with van der Waals surface area (Å²) in [6, 6.07) is 4.77. The number of ether oxygens (including phenoxy) is 1. The van der Waals surface area contributed by atoms with Gasteiger partial charge in [-0.25, -0.2) is 4.39 Å². The van der Waals surface area contributed by atoms with E-state index in [1.807, 2.05) is 7.05 Å². The number of halogens is 2. The molecule has 1 aromatic rings. The highest BCUT2D eigenvalue weighted by atomic mass is 35.5. The zero-order valence-corrected chi connectivity index (χ0v) is 12.4. The summed E-state index contributed by atoms with van der Waals surface area (Å²) in [5.74, 6) is 0.241. The standard InChI is InChI=1S/C15H21ClFNO/c1-4-15(5-2)13(18-3)9-14(15)19-12-7-6-10(17)8-11(12)16/h6-8,13-14,18H,4-5,9H2,1-3H3. The highest BCUT2D eigenvalue weighted by Gasteiger charge is 2.53. The first-order valence-electron chi connectivity index (χ1n) is 6.86. The molecule has 1 aliphatic carbocycles. The van der Waals surface area contributed by atoms with Crippen LogP contribution in [0.2, 0.25) is 5.02 Å². The van der Waals surface area contributed by atoms with E-state index in [1.165, 1.54) is 12.1 Å². The van der Waals surface area contributed by atoms with Crippen molar-refractivity contribution in [3.8, 4) is 5.75 Å². The molecule has 0 aromatic heterocycles. The van der Waals surface area contributed by atoms with Gasteiger partial charge in [-0.1, -0.05) is 25.4 Å². The molecule has 1 fully saturated rings. The average Bonchev–Trinajstić information content (AvgIpc) is 2.38. The Labute approximate surface area is 119 Å². The van der Waals surface area contributed by atoms with Crippen LogP contribution in [0, 0.1) is 11.2 Å². The number of rotatable bonds is 5. The van der Waals surface area contributed by atoms with E-state index in [1.54, 1.807) is 6.07 Å². The van der Waals surface area contributed by atoms with Gasteiger partial charge < -0.3 is 10.1 Å². The fourth-order valence-electron chi connectivity index (χ4n) is 3.24. The molecule has 2 nitrogen and oxygen atoms in total. The van der Waals surface area contributed by atoms with Crippen molar-refractivity contribution in [3.63, 3.8) is 0 Å². The predicted octanol–water partition coefficient (Wildman–Crippen LogP) is 4.02. The molecule has 2 atom stereocenters. The first-order valence-corrected chi connectivity index (χ1v) is 7.24. The molecule has 0 aliphatic heterocycles. The van der Waals surface area contributed by atoms with Crippen molar-refractivity contribution in [2.24, 2.45) is 5.41 Å². The third-order valence-corrected chi connectivity index (χ3v) is 4.91. The Morgan fingerprint density at radius 2 is 2.11 bits per heavy atom. The lowest BCUT2D eigenvalue weighted by Crippen LogP contribution is -2.63. The minimum atomic E-state index is -0.337. The quantitative estimate of drug-likeness (QED) is 0.882. The van der Waals surface area contributed by atoms with Gasteiger partial charge >= 0.3 is 0 Å². The molecular weight excluding hydrogens is 265 g/mol. The van der Waals surface area contributed by atoms with Crippen LogP contribution < -0.4 is 10.1 Å². The summed E-state index contributed by atoms with van der Waals surface area (Å²) in [5.41, 5.74) is 0.145. The van der Waals surface area contributed by atoms with Gasteiger partial charge in [0.05, 0.1) is 5.02 Å². The van der Waals surface area contributed by atoms with Crippen LogP contribution in [-0.4, -0.2) is 19.2 Å². The van der Waals surface area contributed by atoms with Crippen LogP contribution in [0.1, 0.15) is 33.1 Å². The van der Waals surface area contributed by atoms with Gasteiger partial charge in [0.1, 0.15) is 17.7 Å². The van der Waals surface area contributed by atoms with Gasteiger partial charge in [0.25, 0.3) is 0 Å². The van der Waals surface area contributed by atoms with Crippen LogP contribution in [-0.2, 0) is 0 Å². The number of hydrogen-bond donors (Lipinski definition) is 1. The van der Waals surface area contributed by atoms with Crippen molar-refractivity contribution >= 4 is 11.6 Å². The minimum absolute atomic E-state index is 0.142. The molecule has 106 valence electrons. The second-order valence-electron chi connectivity index (χ2n) is 5.20. The molecule has 1 saturated carbocycles. The lowest BCUT2D eigenvalue weighted by molar-refractivity contribution is -0.0835. The third-order valence-electron chi connectivity index (χ3n) is 4.61. The molecule has 0 radical (unpaired) electrons. The SMILES string of the molecule is CCC1(CC)C(NC)CC1Oc1ccc(F)cc1Cl. The van der Waals surface area contributed by atoms with Crippen molar-refractivity contribution < 1.29 is 9.13 Å². The molecule has 4 heteroatoms. The molecule has 0 amide bonds. The van der Waals surface area contributed by atoms with Crippen molar-refractivity contribution in [2.45, 2.75) is 45.3 Å². The number of benzene rings is 1. The Hall–Kier alpha value is -0.800. The van der Waals surface area contributed by atoms with Crippen molar-refractivity contribution in [1.82, 2.24) is 5.32 Å². The van der Waals surface area contributed by atoms with Gasteiger partial charge in [-0.05, 0) is 38.1 Å². The molecule has 2 unspecified atom stereocenters. The molecule has 0 heterocycles. The smallest absolute Gasteiger partial charge is 0.138 e. The van der Waals surface area contributed by atoms with Gasteiger partial charge in [-0.2, -0.15) is 0 Å². The van der Waals surface area contributed by atoms with Crippen molar-refractivity contribution in [3.05, 3.63) is 29.0 Å². The molecule has 1 aliphatic rings. The topological polar surface area (TPSA) is 21.3 Å². The highest BCUT2D eigenvalue weighted by molar-refractivity contribution is 6.32. The van der Waals surface area contributed by atoms with Gasteiger partial charge in [0, 0.05) is 17.9 Å². The maximum absolute atomic E-state index is 13.0. The zero-order valence-electron chi connectivity index (χ0n) is 11.7. The first kappa shape index (κ1) is 14.6. The summed E-state index contributed by atoms with van der Waals surface area (Å²) in [7, 11) is 1.99. The summed E-state index contributed by atoms with van der Waals surface area (Å²) >= 11 is 6.02. The molecular formula is C15H21ClFNO. The average molecular weight is 286 g/mol. The summed E-state index contributed by atoms with van der Waals surface area (Å²) in [6.45, 7) is 4.38. The van der Waals surface area contributed by atoms with Gasteiger partial charge in [-0.3, -0.25) is 0 Å². The van der Waals surface area contributed by atoms with Gasteiger partial charge in [0.2, 0.25) is 0 Å².